The Morgan fingerprint density at radius 3 is 2.35 bits per heavy atom. The molecule has 0 aliphatic rings. The highest BCUT2D eigenvalue weighted by atomic mass is 35.5. The Balaban J connectivity index is 2.44. The van der Waals surface area contributed by atoms with Gasteiger partial charge in [0.25, 0.3) is 0 Å². The molecule has 0 spiro atoms. The summed E-state index contributed by atoms with van der Waals surface area (Å²) in [5.41, 5.74) is 3.39. The van der Waals surface area contributed by atoms with Crippen molar-refractivity contribution in [1.82, 2.24) is 9.97 Å². The minimum absolute atomic E-state index is 0.688. The van der Waals surface area contributed by atoms with Gasteiger partial charge in [-0.2, -0.15) is 0 Å². The van der Waals surface area contributed by atoms with E-state index >= 15 is 0 Å². The van der Waals surface area contributed by atoms with Crippen molar-refractivity contribution >= 4 is 45.4 Å². The molecule has 0 saturated carbocycles. The van der Waals surface area contributed by atoms with E-state index in [4.69, 9.17) is 11.6 Å². The zero-order chi connectivity index (χ0) is 11.8. The van der Waals surface area contributed by atoms with Crippen molar-refractivity contribution < 1.29 is 0 Å². The summed E-state index contributed by atoms with van der Waals surface area (Å²) in [5, 5.41) is 0.688. The molecule has 0 fully saturated rings. The Bertz CT molecular complexity index is 712. The predicted molar refractivity (Wildman–Crippen MR) is 73.8 cm³/mol. The van der Waals surface area contributed by atoms with Gasteiger partial charge in [0.15, 0.2) is 0 Å². The van der Waals surface area contributed by atoms with Gasteiger partial charge in [0.1, 0.15) is 5.52 Å². The van der Waals surface area contributed by atoms with Crippen LogP contribution in [0.1, 0.15) is 0 Å². The summed E-state index contributed by atoms with van der Waals surface area (Å²) >= 11 is 7.93. The van der Waals surface area contributed by atoms with Crippen LogP contribution < -0.4 is 0 Å². The fourth-order valence-corrected chi connectivity index (χ4v) is 2.71. The van der Waals surface area contributed by atoms with Crippen molar-refractivity contribution in [3.63, 3.8) is 0 Å². The molecule has 1 heterocycles. The molecule has 0 radical (unpaired) electrons. The van der Waals surface area contributed by atoms with Crippen molar-refractivity contribution in [2.45, 2.75) is 4.90 Å². The summed E-state index contributed by atoms with van der Waals surface area (Å²) in [6.07, 6.45) is 2.00. The Morgan fingerprint density at radius 1 is 0.941 bits per heavy atom. The third kappa shape index (κ3) is 1.75. The molecule has 1 aromatic heterocycles. The summed E-state index contributed by atoms with van der Waals surface area (Å²) in [5.74, 6) is 0. The van der Waals surface area contributed by atoms with Crippen LogP contribution in [0.4, 0.5) is 0 Å². The molecule has 0 atom stereocenters. The maximum Gasteiger partial charge on any atom is 0.109 e. The minimum Gasteiger partial charge on any atom is -0.244 e. The summed E-state index contributed by atoms with van der Waals surface area (Å²) in [6.45, 7) is 0. The fraction of sp³-hybridized carbons (Fsp3) is 0.0769. The summed E-state index contributed by atoms with van der Waals surface area (Å²) in [4.78, 5) is 10.2. The lowest BCUT2D eigenvalue weighted by Crippen LogP contribution is -1.88. The molecular weight excluding hydrogens is 252 g/mol. The van der Waals surface area contributed by atoms with Crippen molar-refractivity contribution in [1.29, 1.82) is 0 Å². The lowest BCUT2D eigenvalue weighted by Gasteiger charge is -2.05. The molecule has 2 nitrogen and oxygen atoms in total. The van der Waals surface area contributed by atoms with E-state index in [1.54, 1.807) is 11.8 Å². The average Bonchev–Trinajstić information content (AvgIpc) is 2.37. The molecule has 3 aromatic rings. The molecule has 4 heteroatoms. The van der Waals surface area contributed by atoms with E-state index in [-0.39, 0.29) is 0 Å². The smallest absolute Gasteiger partial charge is 0.109 e. The Morgan fingerprint density at radius 2 is 1.65 bits per heavy atom. The number of nitrogens with zero attached hydrogens (tertiary/aromatic N) is 2. The van der Waals surface area contributed by atoms with Gasteiger partial charge in [-0.3, -0.25) is 0 Å². The Labute approximate surface area is 108 Å². The molecule has 3 rings (SSSR count). The molecule has 0 N–H and O–H groups in total. The maximum absolute atomic E-state index is 6.32. The molecule has 84 valence electrons. The number of hydrogen-bond acceptors (Lipinski definition) is 3. The third-order valence-corrected chi connectivity index (χ3v) is 3.91. The Kier molecular flexibility index (Phi) is 2.65. The second-order valence-electron chi connectivity index (χ2n) is 3.66. The van der Waals surface area contributed by atoms with Gasteiger partial charge in [0, 0.05) is 4.90 Å². The van der Waals surface area contributed by atoms with Gasteiger partial charge in [-0.15, -0.1) is 11.8 Å². The number of fused-ring (bicyclic) bond motifs is 2. The highest BCUT2D eigenvalue weighted by Crippen LogP contribution is 2.31. The van der Waals surface area contributed by atoms with Crippen molar-refractivity contribution in [3.05, 3.63) is 41.4 Å². The molecule has 0 aliphatic carbocycles. The number of benzene rings is 2. The second kappa shape index (κ2) is 4.17. The first-order chi connectivity index (χ1) is 8.29. The quantitative estimate of drug-likeness (QED) is 0.485. The van der Waals surface area contributed by atoms with Crippen LogP contribution in [0.15, 0.2) is 41.3 Å². The normalized spacial score (nSPS) is 11.2. The topological polar surface area (TPSA) is 25.8 Å². The second-order valence-corrected chi connectivity index (χ2v) is 4.89. The van der Waals surface area contributed by atoms with Crippen LogP contribution in [-0.4, -0.2) is 16.2 Å². The SMILES string of the molecule is CSc1ccc2nc3ccccc3nc2c1Cl. The van der Waals surface area contributed by atoms with Gasteiger partial charge in [-0.1, -0.05) is 23.7 Å². The molecule has 0 bridgehead atoms. The van der Waals surface area contributed by atoms with E-state index in [1.807, 2.05) is 42.7 Å². The van der Waals surface area contributed by atoms with Gasteiger partial charge < -0.3 is 0 Å². The summed E-state index contributed by atoms with van der Waals surface area (Å²) in [6, 6.07) is 11.8. The fourth-order valence-electron chi connectivity index (χ4n) is 1.79. The van der Waals surface area contributed by atoms with Gasteiger partial charge >= 0.3 is 0 Å². The minimum atomic E-state index is 0.688. The molecule has 17 heavy (non-hydrogen) atoms. The van der Waals surface area contributed by atoms with Gasteiger partial charge in [-0.05, 0) is 30.5 Å². The highest BCUT2D eigenvalue weighted by Gasteiger charge is 2.08. The van der Waals surface area contributed by atoms with Crippen molar-refractivity contribution in [2.24, 2.45) is 0 Å². The molecular formula is C13H9ClN2S. The van der Waals surface area contributed by atoms with E-state index in [2.05, 4.69) is 9.97 Å². The van der Waals surface area contributed by atoms with E-state index in [0.29, 0.717) is 5.02 Å². The van der Waals surface area contributed by atoms with Crippen LogP contribution in [0.25, 0.3) is 22.1 Å². The summed E-state index contributed by atoms with van der Waals surface area (Å²) in [7, 11) is 0. The average molecular weight is 261 g/mol. The van der Waals surface area contributed by atoms with Crippen LogP contribution in [0.2, 0.25) is 5.02 Å². The van der Waals surface area contributed by atoms with E-state index < -0.39 is 0 Å². The number of para-hydroxylation sites is 2. The third-order valence-electron chi connectivity index (χ3n) is 2.63. The first-order valence-corrected chi connectivity index (χ1v) is 6.79. The molecule has 0 unspecified atom stereocenters. The van der Waals surface area contributed by atoms with Crippen molar-refractivity contribution in [3.8, 4) is 0 Å². The van der Waals surface area contributed by atoms with Gasteiger partial charge in [0.2, 0.25) is 0 Å². The number of hydrogen-bond donors (Lipinski definition) is 0. The molecule has 0 amide bonds. The van der Waals surface area contributed by atoms with E-state index in [1.165, 1.54) is 0 Å². The van der Waals surface area contributed by atoms with Gasteiger partial charge in [-0.25, -0.2) is 9.97 Å². The van der Waals surface area contributed by atoms with E-state index in [0.717, 1.165) is 27.0 Å². The molecule has 2 aromatic carbocycles. The molecule has 0 saturated heterocycles. The predicted octanol–water partition coefficient (Wildman–Crippen LogP) is 4.16. The van der Waals surface area contributed by atoms with Crippen LogP contribution >= 0.6 is 23.4 Å². The van der Waals surface area contributed by atoms with Crippen LogP contribution in [-0.2, 0) is 0 Å². The highest BCUT2D eigenvalue weighted by molar-refractivity contribution is 7.98. The Hall–Kier alpha value is -1.32. The first kappa shape index (κ1) is 10.8. The van der Waals surface area contributed by atoms with Crippen LogP contribution in [0, 0.1) is 0 Å². The standard InChI is InChI=1S/C13H9ClN2S/c1-17-11-7-6-10-13(12(11)14)16-9-5-3-2-4-8(9)15-10/h2-7H,1H3. The zero-order valence-corrected chi connectivity index (χ0v) is 10.7. The number of thioether (sulfide) groups is 1. The van der Waals surface area contributed by atoms with Crippen LogP contribution in [0.5, 0.6) is 0 Å². The number of halogens is 1. The lowest BCUT2D eigenvalue weighted by molar-refractivity contribution is 1.36. The number of rotatable bonds is 1. The summed E-state index contributed by atoms with van der Waals surface area (Å²) < 4.78 is 0. The molecule has 0 aliphatic heterocycles. The van der Waals surface area contributed by atoms with E-state index in [9.17, 15) is 0 Å². The largest absolute Gasteiger partial charge is 0.244 e. The zero-order valence-electron chi connectivity index (χ0n) is 9.14. The lowest BCUT2D eigenvalue weighted by atomic mass is 10.2. The maximum atomic E-state index is 6.32. The van der Waals surface area contributed by atoms with Crippen LogP contribution in [0.3, 0.4) is 0 Å². The monoisotopic (exact) mass is 260 g/mol. The number of aromatic nitrogens is 2. The van der Waals surface area contributed by atoms with Gasteiger partial charge in [0.05, 0.1) is 21.6 Å². The first-order valence-electron chi connectivity index (χ1n) is 5.18. The van der Waals surface area contributed by atoms with Crippen molar-refractivity contribution in [2.75, 3.05) is 6.26 Å².